The summed E-state index contributed by atoms with van der Waals surface area (Å²) in [5.41, 5.74) is 0.943. The molecule has 1 unspecified atom stereocenters. The number of benzene rings is 2. The predicted octanol–water partition coefficient (Wildman–Crippen LogP) is 3.57. The summed E-state index contributed by atoms with van der Waals surface area (Å²) in [6.45, 7) is 0.632. The number of hydrogen-bond donors (Lipinski definition) is 1. The summed E-state index contributed by atoms with van der Waals surface area (Å²) in [5.74, 6) is -1.05. The molecule has 1 atom stereocenters. The lowest BCUT2D eigenvalue weighted by Crippen LogP contribution is -2.31. The van der Waals surface area contributed by atoms with Crippen molar-refractivity contribution in [3.63, 3.8) is 0 Å². The van der Waals surface area contributed by atoms with E-state index in [2.05, 4.69) is 15.5 Å². The van der Waals surface area contributed by atoms with E-state index in [9.17, 15) is 18.4 Å². The maximum atomic E-state index is 13.2. The number of nitrogens with zero attached hydrogens (tertiary/aromatic N) is 3. The zero-order chi connectivity index (χ0) is 22.5. The maximum Gasteiger partial charge on any atom is 0.254 e. The van der Waals surface area contributed by atoms with Crippen LogP contribution in [0, 0.1) is 11.6 Å². The number of carbonyl (C=O) groups excluding carboxylic acids is 2. The van der Waals surface area contributed by atoms with Gasteiger partial charge in [0.2, 0.25) is 11.8 Å². The van der Waals surface area contributed by atoms with Crippen molar-refractivity contribution in [2.24, 2.45) is 0 Å². The van der Waals surface area contributed by atoms with Gasteiger partial charge in [-0.3, -0.25) is 9.59 Å². The van der Waals surface area contributed by atoms with Gasteiger partial charge in [0.1, 0.15) is 11.6 Å². The number of likely N-dealkylation sites (tertiary alicyclic amines) is 1. The highest BCUT2D eigenvalue weighted by Gasteiger charge is 2.33. The highest BCUT2D eigenvalue weighted by molar-refractivity contribution is 5.94. The third kappa shape index (κ3) is 5.16. The molecule has 1 aromatic heterocycles. The third-order valence-corrected chi connectivity index (χ3v) is 5.29. The molecule has 32 heavy (non-hydrogen) atoms. The van der Waals surface area contributed by atoms with Crippen molar-refractivity contribution in [3.8, 4) is 0 Å². The van der Waals surface area contributed by atoms with Crippen LogP contribution in [0.1, 0.15) is 52.9 Å². The molecule has 2 heterocycles. The molecule has 0 aliphatic carbocycles. The summed E-state index contributed by atoms with van der Waals surface area (Å²) in [4.78, 5) is 31.0. The second-order valence-corrected chi connectivity index (χ2v) is 7.62. The fourth-order valence-electron chi connectivity index (χ4n) is 3.75. The second-order valence-electron chi connectivity index (χ2n) is 7.62. The maximum absolute atomic E-state index is 13.2. The smallest absolute Gasteiger partial charge is 0.254 e. The van der Waals surface area contributed by atoms with Gasteiger partial charge in [0.25, 0.3) is 5.91 Å². The zero-order valence-corrected chi connectivity index (χ0v) is 17.3. The molecule has 0 saturated carbocycles. The van der Waals surface area contributed by atoms with Crippen LogP contribution in [-0.4, -0.2) is 33.4 Å². The lowest BCUT2D eigenvalue weighted by molar-refractivity contribution is -0.121. The monoisotopic (exact) mass is 440 g/mol. The van der Waals surface area contributed by atoms with Gasteiger partial charge in [0, 0.05) is 37.6 Å². The summed E-state index contributed by atoms with van der Waals surface area (Å²) >= 11 is 0. The summed E-state index contributed by atoms with van der Waals surface area (Å²) < 4.78 is 31.7. The van der Waals surface area contributed by atoms with Crippen molar-refractivity contribution in [3.05, 3.63) is 83.0 Å². The van der Waals surface area contributed by atoms with Crippen LogP contribution in [0.5, 0.6) is 0 Å². The molecular formula is C23H22F2N4O3. The normalized spacial score (nSPS) is 15.7. The molecule has 3 aromatic rings. The van der Waals surface area contributed by atoms with E-state index in [0.717, 1.165) is 31.0 Å². The van der Waals surface area contributed by atoms with Crippen LogP contribution in [0.15, 0.2) is 53.1 Å². The van der Waals surface area contributed by atoms with Crippen LogP contribution in [0.25, 0.3) is 0 Å². The molecule has 7 nitrogen and oxygen atoms in total. The van der Waals surface area contributed by atoms with Gasteiger partial charge in [-0.2, -0.15) is 4.98 Å². The predicted molar refractivity (Wildman–Crippen MR) is 110 cm³/mol. The Labute approximate surface area is 183 Å². The summed E-state index contributed by atoms with van der Waals surface area (Å²) in [6.07, 6.45) is 1.88. The number of hydrogen-bond acceptors (Lipinski definition) is 5. The van der Waals surface area contributed by atoms with Gasteiger partial charge in [-0.25, -0.2) is 8.78 Å². The molecule has 1 aliphatic rings. The fourth-order valence-corrected chi connectivity index (χ4v) is 3.75. The standard InChI is InChI=1S/C23H22F2N4O3/c24-17-11-15(12-18(25)13-17)14-26-20(30)8-9-21-27-22(28-32-21)19-7-4-10-29(19)23(31)16-5-2-1-3-6-16/h1-3,5-6,11-13,19H,4,7-10,14H2,(H,26,30). The van der Waals surface area contributed by atoms with Gasteiger partial charge in [0.15, 0.2) is 5.82 Å². The number of amides is 2. The van der Waals surface area contributed by atoms with Gasteiger partial charge in [-0.1, -0.05) is 23.4 Å². The van der Waals surface area contributed by atoms with E-state index in [4.69, 9.17) is 4.52 Å². The lowest BCUT2D eigenvalue weighted by atomic mass is 10.1. The van der Waals surface area contributed by atoms with Gasteiger partial charge < -0.3 is 14.7 Å². The van der Waals surface area contributed by atoms with Gasteiger partial charge in [0.05, 0.1) is 6.04 Å². The Morgan fingerprint density at radius 2 is 1.88 bits per heavy atom. The van der Waals surface area contributed by atoms with Crippen molar-refractivity contribution in [2.45, 2.75) is 38.3 Å². The van der Waals surface area contributed by atoms with E-state index >= 15 is 0 Å². The highest BCUT2D eigenvalue weighted by Crippen LogP contribution is 2.31. The van der Waals surface area contributed by atoms with E-state index in [1.165, 1.54) is 0 Å². The van der Waals surface area contributed by atoms with Crippen molar-refractivity contribution < 1.29 is 22.9 Å². The Hall–Kier alpha value is -3.62. The molecule has 2 aromatic carbocycles. The van der Waals surface area contributed by atoms with E-state index < -0.39 is 11.6 Å². The van der Waals surface area contributed by atoms with E-state index in [1.54, 1.807) is 17.0 Å². The Morgan fingerprint density at radius 1 is 1.12 bits per heavy atom. The Kier molecular flexibility index (Phi) is 6.53. The molecule has 0 bridgehead atoms. The SMILES string of the molecule is O=C(CCc1nc(C2CCCN2C(=O)c2ccccc2)no1)NCc1cc(F)cc(F)c1. The summed E-state index contributed by atoms with van der Waals surface area (Å²) in [7, 11) is 0. The van der Waals surface area contributed by atoms with E-state index in [1.807, 2.05) is 18.2 Å². The van der Waals surface area contributed by atoms with Crippen molar-refractivity contribution in [2.75, 3.05) is 6.54 Å². The van der Waals surface area contributed by atoms with E-state index in [-0.39, 0.29) is 37.2 Å². The number of rotatable bonds is 7. The average Bonchev–Trinajstić information content (AvgIpc) is 3.45. The van der Waals surface area contributed by atoms with Crippen LogP contribution >= 0.6 is 0 Å². The van der Waals surface area contributed by atoms with Gasteiger partial charge in [-0.05, 0) is 42.7 Å². The Morgan fingerprint density at radius 3 is 2.62 bits per heavy atom. The van der Waals surface area contributed by atoms with Crippen molar-refractivity contribution in [1.82, 2.24) is 20.4 Å². The molecular weight excluding hydrogens is 418 g/mol. The molecule has 1 saturated heterocycles. The quantitative estimate of drug-likeness (QED) is 0.607. The first-order valence-corrected chi connectivity index (χ1v) is 10.4. The van der Waals surface area contributed by atoms with Crippen LogP contribution in [-0.2, 0) is 17.8 Å². The van der Waals surface area contributed by atoms with Crippen LogP contribution in [0.2, 0.25) is 0 Å². The molecule has 1 aliphatic heterocycles. The molecule has 1 N–H and O–H groups in total. The Bertz CT molecular complexity index is 1080. The Balaban J connectivity index is 1.31. The summed E-state index contributed by atoms with van der Waals surface area (Å²) in [5, 5.41) is 6.63. The fraction of sp³-hybridized carbons (Fsp3) is 0.304. The number of carbonyl (C=O) groups is 2. The number of aromatic nitrogens is 2. The van der Waals surface area contributed by atoms with Crippen LogP contribution in [0.4, 0.5) is 8.78 Å². The zero-order valence-electron chi connectivity index (χ0n) is 17.3. The van der Waals surface area contributed by atoms with Crippen LogP contribution in [0.3, 0.4) is 0 Å². The minimum atomic E-state index is -0.695. The van der Waals surface area contributed by atoms with Crippen molar-refractivity contribution in [1.29, 1.82) is 0 Å². The molecule has 4 rings (SSSR count). The number of nitrogens with one attached hydrogen (secondary N) is 1. The van der Waals surface area contributed by atoms with Gasteiger partial charge >= 0.3 is 0 Å². The largest absolute Gasteiger partial charge is 0.352 e. The number of halogens is 2. The molecule has 0 radical (unpaired) electrons. The third-order valence-electron chi connectivity index (χ3n) is 5.29. The first-order chi connectivity index (χ1) is 15.5. The summed E-state index contributed by atoms with van der Waals surface area (Å²) in [6, 6.07) is 11.9. The first-order valence-electron chi connectivity index (χ1n) is 10.4. The van der Waals surface area contributed by atoms with Crippen molar-refractivity contribution >= 4 is 11.8 Å². The minimum Gasteiger partial charge on any atom is -0.352 e. The molecule has 1 fully saturated rings. The molecule has 9 heteroatoms. The second kappa shape index (κ2) is 9.67. The molecule has 0 spiro atoms. The average molecular weight is 440 g/mol. The van der Waals surface area contributed by atoms with E-state index in [0.29, 0.717) is 29.4 Å². The topological polar surface area (TPSA) is 88.3 Å². The molecule has 166 valence electrons. The van der Waals surface area contributed by atoms with Crippen LogP contribution < -0.4 is 5.32 Å². The first kappa shape index (κ1) is 21.6. The number of aryl methyl sites for hydroxylation is 1. The van der Waals surface area contributed by atoms with Gasteiger partial charge in [-0.15, -0.1) is 0 Å². The molecule has 2 amide bonds. The minimum absolute atomic E-state index is 0.0151. The highest BCUT2D eigenvalue weighted by atomic mass is 19.1. The lowest BCUT2D eigenvalue weighted by Gasteiger charge is -2.22.